The summed E-state index contributed by atoms with van der Waals surface area (Å²) >= 11 is 1.38. The van der Waals surface area contributed by atoms with Crippen molar-refractivity contribution in [3.8, 4) is 0 Å². The highest BCUT2D eigenvalue weighted by Crippen LogP contribution is 2.42. The van der Waals surface area contributed by atoms with Crippen LogP contribution in [-0.4, -0.2) is 17.6 Å². The van der Waals surface area contributed by atoms with Gasteiger partial charge in [0.25, 0.3) is 0 Å². The van der Waals surface area contributed by atoms with Crippen molar-refractivity contribution < 1.29 is 18.4 Å². The molecule has 1 unspecified atom stereocenters. The Hall–Kier alpha value is -2.41. The molecular formula is C21H22F2N2O2S. The van der Waals surface area contributed by atoms with Gasteiger partial charge in [-0.1, -0.05) is 32.9 Å². The second-order valence-electron chi connectivity index (χ2n) is 7.93. The summed E-state index contributed by atoms with van der Waals surface area (Å²) in [6.07, 6.45) is 0.402. The van der Waals surface area contributed by atoms with E-state index >= 15 is 0 Å². The Kier molecular flexibility index (Phi) is 5.74. The van der Waals surface area contributed by atoms with Crippen molar-refractivity contribution in [1.82, 2.24) is 0 Å². The molecule has 0 bridgehead atoms. The Morgan fingerprint density at radius 3 is 2.46 bits per heavy atom. The second kappa shape index (κ2) is 7.91. The Bertz CT molecular complexity index is 894. The maximum Gasteiger partial charge on any atom is 0.238 e. The molecule has 3 rings (SSSR count). The quantitative estimate of drug-likeness (QED) is 0.770. The average molecular weight is 404 g/mol. The van der Waals surface area contributed by atoms with E-state index in [9.17, 15) is 18.4 Å². The van der Waals surface area contributed by atoms with Crippen LogP contribution in [0.3, 0.4) is 0 Å². The first-order valence-electron chi connectivity index (χ1n) is 8.92. The zero-order chi connectivity index (χ0) is 20.5. The fraction of sp³-hybridized carbons (Fsp3) is 0.333. The fourth-order valence-electron chi connectivity index (χ4n) is 3.03. The SMILES string of the molecule is CC(C)(C)CC(=O)Nc1ccc(C2SCC(=O)N2c2ccc(F)cc2F)cc1. The lowest BCUT2D eigenvalue weighted by Gasteiger charge is -2.25. The number of carbonyl (C=O) groups excluding carboxylic acids is 2. The fourth-order valence-corrected chi connectivity index (χ4v) is 4.19. The Morgan fingerprint density at radius 1 is 1.18 bits per heavy atom. The second-order valence-corrected chi connectivity index (χ2v) is 9.00. The number of thioether (sulfide) groups is 1. The number of hydrogen-bond acceptors (Lipinski definition) is 3. The summed E-state index contributed by atoms with van der Waals surface area (Å²) in [6, 6.07) is 10.3. The molecule has 0 radical (unpaired) electrons. The van der Waals surface area contributed by atoms with Crippen LogP contribution in [-0.2, 0) is 9.59 Å². The number of benzene rings is 2. The zero-order valence-electron chi connectivity index (χ0n) is 16.0. The number of rotatable bonds is 4. The molecule has 2 amide bonds. The van der Waals surface area contributed by atoms with Gasteiger partial charge in [0.05, 0.1) is 11.4 Å². The molecule has 0 saturated carbocycles. The van der Waals surface area contributed by atoms with Crippen LogP contribution in [0.25, 0.3) is 0 Å². The molecule has 1 aliphatic heterocycles. The van der Waals surface area contributed by atoms with Crippen LogP contribution in [0.2, 0.25) is 0 Å². The third kappa shape index (κ3) is 4.70. The Morgan fingerprint density at radius 2 is 1.86 bits per heavy atom. The predicted molar refractivity (Wildman–Crippen MR) is 108 cm³/mol. The topological polar surface area (TPSA) is 49.4 Å². The number of hydrogen-bond donors (Lipinski definition) is 1. The average Bonchev–Trinajstić information content (AvgIpc) is 2.95. The molecule has 2 aromatic carbocycles. The van der Waals surface area contributed by atoms with Crippen molar-refractivity contribution >= 4 is 35.0 Å². The van der Waals surface area contributed by atoms with E-state index < -0.39 is 17.0 Å². The van der Waals surface area contributed by atoms with Crippen molar-refractivity contribution in [3.63, 3.8) is 0 Å². The lowest BCUT2D eigenvalue weighted by atomic mass is 9.92. The van der Waals surface area contributed by atoms with E-state index in [1.54, 1.807) is 24.3 Å². The summed E-state index contributed by atoms with van der Waals surface area (Å²) in [4.78, 5) is 25.8. The molecule has 1 N–H and O–H groups in total. The molecule has 0 spiro atoms. The van der Waals surface area contributed by atoms with E-state index in [0.29, 0.717) is 12.1 Å². The third-order valence-corrected chi connectivity index (χ3v) is 5.42. The molecule has 4 nitrogen and oxygen atoms in total. The van der Waals surface area contributed by atoms with Gasteiger partial charge in [0.1, 0.15) is 17.0 Å². The lowest BCUT2D eigenvalue weighted by molar-refractivity contribution is -0.118. The molecule has 7 heteroatoms. The van der Waals surface area contributed by atoms with Crippen molar-refractivity contribution in [1.29, 1.82) is 0 Å². The highest BCUT2D eigenvalue weighted by atomic mass is 32.2. The van der Waals surface area contributed by atoms with Crippen molar-refractivity contribution in [3.05, 3.63) is 59.7 Å². The number of amides is 2. The molecular weight excluding hydrogens is 382 g/mol. The minimum absolute atomic E-state index is 0.0592. The van der Waals surface area contributed by atoms with Crippen molar-refractivity contribution in [2.45, 2.75) is 32.6 Å². The molecule has 148 valence electrons. The monoisotopic (exact) mass is 404 g/mol. The molecule has 1 atom stereocenters. The summed E-state index contributed by atoms with van der Waals surface area (Å²) in [7, 11) is 0. The van der Waals surface area contributed by atoms with E-state index in [1.165, 1.54) is 22.7 Å². The number of anilines is 2. The van der Waals surface area contributed by atoms with Crippen LogP contribution >= 0.6 is 11.8 Å². The third-order valence-electron chi connectivity index (χ3n) is 4.21. The van der Waals surface area contributed by atoms with Gasteiger partial charge in [-0.05, 0) is 35.2 Å². The van der Waals surface area contributed by atoms with Crippen LogP contribution in [0.5, 0.6) is 0 Å². The normalized spacial score (nSPS) is 17.1. The highest BCUT2D eigenvalue weighted by Gasteiger charge is 2.35. The lowest BCUT2D eigenvalue weighted by Crippen LogP contribution is -2.28. The minimum atomic E-state index is -0.771. The summed E-state index contributed by atoms with van der Waals surface area (Å²) in [5.74, 6) is -1.55. The maximum atomic E-state index is 14.2. The Labute approximate surface area is 167 Å². The van der Waals surface area contributed by atoms with Crippen molar-refractivity contribution in [2.24, 2.45) is 5.41 Å². The number of nitrogens with one attached hydrogen (secondary N) is 1. The minimum Gasteiger partial charge on any atom is -0.326 e. The van der Waals surface area contributed by atoms with Crippen LogP contribution in [0.4, 0.5) is 20.2 Å². The van der Waals surface area contributed by atoms with Crippen LogP contribution in [0.1, 0.15) is 38.1 Å². The van der Waals surface area contributed by atoms with E-state index in [1.807, 2.05) is 20.8 Å². The van der Waals surface area contributed by atoms with Gasteiger partial charge in [0, 0.05) is 18.2 Å². The van der Waals surface area contributed by atoms with Gasteiger partial charge >= 0.3 is 0 Å². The van der Waals surface area contributed by atoms with Gasteiger partial charge in [-0.3, -0.25) is 14.5 Å². The van der Waals surface area contributed by atoms with Gasteiger partial charge in [0.15, 0.2) is 0 Å². The van der Waals surface area contributed by atoms with E-state index in [2.05, 4.69) is 5.32 Å². The first-order chi connectivity index (χ1) is 13.1. The summed E-state index contributed by atoms with van der Waals surface area (Å²) in [5.41, 5.74) is 1.41. The van der Waals surface area contributed by atoms with Crippen LogP contribution in [0.15, 0.2) is 42.5 Å². The molecule has 0 aliphatic carbocycles. The smallest absolute Gasteiger partial charge is 0.238 e. The summed E-state index contributed by atoms with van der Waals surface area (Å²) in [5, 5.41) is 2.44. The Balaban J connectivity index is 1.78. The molecule has 28 heavy (non-hydrogen) atoms. The number of halogens is 2. The first-order valence-corrected chi connectivity index (χ1v) is 9.97. The standard InChI is InChI=1S/C21H22F2N2O2S/c1-21(2,3)11-18(26)24-15-7-4-13(5-8-15)20-25(19(27)12-28-20)17-9-6-14(22)10-16(17)23/h4-10,20H,11-12H2,1-3H3,(H,24,26). The largest absolute Gasteiger partial charge is 0.326 e. The maximum absolute atomic E-state index is 14.2. The molecule has 1 heterocycles. The van der Waals surface area contributed by atoms with Gasteiger partial charge in [-0.15, -0.1) is 11.8 Å². The van der Waals surface area contributed by atoms with Gasteiger partial charge < -0.3 is 5.32 Å². The summed E-state index contributed by atoms with van der Waals surface area (Å²) < 4.78 is 27.4. The van der Waals surface area contributed by atoms with E-state index in [-0.39, 0.29) is 28.7 Å². The van der Waals surface area contributed by atoms with Crippen molar-refractivity contribution in [2.75, 3.05) is 16.0 Å². The van der Waals surface area contributed by atoms with Crippen LogP contribution < -0.4 is 10.2 Å². The van der Waals surface area contributed by atoms with E-state index in [0.717, 1.165) is 17.7 Å². The molecule has 2 aromatic rings. The van der Waals surface area contributed by atoms with Gasteiger partial charge in [0.2, 0.25) is 11.8 Å². The highest BCUT2D eigenvalue weighted by molar-refractivity contribution is 8.00. The van der Waals surface area contributed by atoms with Crippen LogP contribution in [0, 0.1) is 17.0 Å². The summed E-state index contributed by atoms with van der Waals surface area (Å²) in [6.45, 7) is 5.98. The number of carbonyl (C=O) groups is 2. The number of nitrogens with zero attached hydrogens (tertiary/aromatic N) is 1. The molecule has 1 fully saturated rings. The van der Waals surface area contributed by atoms with Gasteiger partial charge in [-0.2, -0.15) is 0 Å². The van der Waals surface area contributed by atoms with E-state index in [4.69, 9.17) is 0 Å². The predicted octanol–water partition coefficient (Wildman–Crippen LogP) is 5.12. The molecule has 1 saturated heterocycles. The molecule has 0 aromatic heterocycles. The van der Waals surface area contributed by atoms with Gasteiger partial charge in [-0.25, -0.2) is 8.78 Å². The first kappa shape index (κ1) is 20.3. The zero-order valence-corrected chi connectivity index (χ0v) is 16.8. The molecule has 1 aliphatic rings.